The summed E-state index contributed by atoms with van der Waals surface area (Å²) in [4.78, 5) is 13.8. The van der Waals surface area contributed by atoms with Crippen molar-refractivity contribution in [1.82, 2.24) is 10.2 Å². The molecule has 5 heteroatoms. The van der Waals surface area contributed by atoms with Crippen molar-refractivity contribution >= 4 is 17.8 Å². The molecule has 0 unspecified atom stereocenters. The Morgan fingerprint density at radius 3 is 2.76 bits per heavy atom. The van der Waals surface area contributed by atoms with Gasteiger partial charge in [0.15, 0.2) is 0 Å². The minimum Gasteiger partial charge on any atom is -0.464 e. The Hall–Kier alpha value is -1.10. The number of hydrogen-bond donors (Lipinski definition) is 1. The fourth-order valence-electron chi connectivity index (χ4n) is 1.80. The molecule has 1 aromatic rings. The summed E-state index contributed by atoms with van der Waals surface area (Å²) in [6, 6.07) is 3.75. The van der Waals surface area contributed by atoms with Crippen LogP contribution in [0, 0.1) is 6.92 Å². The van der Waals surface area contributed by atoms with Gasteiger partial charge >= 0.3 is 6.03 Å². The van der Waals surface area contributed by atoms with Crippen molar-refractivity contribution < 1.29 is 9.21 Å². The van der Waals surface area contributed by atoms with Gasteiger partial charge in [-0.05, 0) is 26.0 Å². The molecule has 0 bridgehead atoms. The van der Waals surface area contributed by atoms with Crippen LogP contribution in [0.5, 0.6) is 0 Å². The number of aryl methyl sites for hydroxylation is 1. The van der Waals surface area contributed by atoms with Gasteiger partial charge < -0.3 is 14.6 Å². The highest BCUT2D eigenvalue weighted by atomic mass is 32.2. The van der Waals surface area contributed by atoms with Gasteiger partial charge in [0.05, 0.1) is 6.04 Å². The first-order chi connectivity index (χ1) is 8.16. The number of thioether (sulfide) groups is 1. The third kappa shape index (κ3) is 3.19. The molecule has 1 aliphatic rings. The van der Waals surface area contributed by atoms with Crippen LogP contribution in [0.4, 0.5) is 4.79 Å². The normalized spacial score (nSPS) is 17.9. The Morgan fingerprint density at radius 1 is 1.47 bits per heavy atom. The first-order valence-corrected chi connectivity index (χ1v) is 7.02. The molecule has 4 nitrogen and oxygen atoms in total. The van der Waals surface area contributed by atoms with Crippen LogP contribution < -0.4 is 5.32 Å². The van der Waals surface area contributed by atoms with Gasteiger partial charge in [0.1, 0.15) is 11.5 Å². The summed E-state index contributed by atoms with van der Waals surface area (Å²) in [7, 11) is 0. The van der Waals surface area contributed by atoms with E-state index in [1.165, 1.54) is 0 Å². The van der Waals surface area contributed by atoms with Gasteiger partial charge in [0, 0.05) is 24.6 Å². The highest BCUT2D eigenvalue weighted by Crippen LogP contribution is 2.16. The van der Waals surface area contributed by atoms with Crippen molar-refractivity contribution in [1.29, 1.82) is 0 Å². The van der Waals surface area contributed by atoms with Gasteiger partial charge in [-0.2, -0.15) is 11.8 Å². The topological polar surface area (TPSA) is 45.5 Å². The molecule has 17 heavy (non-hydrogen) atoms. The molecule has 94 valence electrons. The molecule has 0 saturated carbocycles. The van der Waals surface area contributed by atoms with Crippen LogP contribution in [0.3, 0.4) is 0 Å². The second kappa shape index (κ2) is 5.49. The molecule has 0 aromatic carbocycles. The summed E-state index contributed by atoms with van der Waals surface area (Å²) in [5.41, 5.74) is 0. The number of nitrogens with one attached hydrogen (secondary N) is 1. The molecule has 1 N–H and O–H groups in total. The molecule has 2 amide bonds. The molecule has 1 aromatic heterocycles. The molecule has 0 spiro atoms. The number of carbonyl (C=O) groups excluding carboxylic acids is 1. The smallest absolute Gasteiger partial charge is 0.318 e. The van der Waals surface area contributed by atoms with E-state index in [1.807, 2.05) is 42.6 Å². The maximum Gasteiger partial charge on any atom is 0.318 e. The van der Waals surface area contributed by atoms with Crippen LogP contribution in [-0.4, -0.2) is 35.5 Å². The van der Waals surface area contributed by atoms with Crippen LogP contribution in [0.15, 0.2) is 16.5 Å². The molecular weight excluding hydrogens is 236 g/mol. The molecule has 0 aliphatic carbocycles. The molecule has 1 aliphatic heterocycles. The van der Waals surface area contributed by atoms with E-state index in [2.05, 4.69) is 5.32 Å². The molecule has 2 heterocycles. The number of nitrogens with zero attached hydrogens (tertiary/aromatic N) is 1. The largest absolute Gasteiger partial charge is 0.464 e. The number of urea groups is 1. The Kier molecular flexibility index (Phi) is 3.99. The van der Waals surface area contributed by atoms with Crippen molar-refractivity contribution in [3.8, 4) is 0 Å². The molecule has 0 radical (unpaired) electrons. The Labute approximate surface area is 106 Å². The van der Waals surface area contributed by atoms with Gasteiger partial charge in [0.25, 0.3) is 0 Å². The number of amides is 2. The maximum atomic E-state index is 12.0. The first-order valence-electron chi connectivity index (χ1n) is 5.86. The van der Waals surface area contributed by atoms with Crippen molar-refractivity contribution in [2.45, 2.75) is 19.9 Å². The molecule has 1 saturated heterocycles. The van der Waals surface area contributed by atoms with Crippen LogP contribution >= 0.6 is 11.8 Å². The number of carbonyl (C=O) groups is 1. The van der Waals surface area contributed by atoms with E-state index < -0.39 is 0 Å². The lowest BCUT2D eigenvalue weighted by Crippen LogP contribution is -2.45. The van der Waals surface area contributed by atoms with Gasteiger partial charge in [-0.25, -0.2) is 4.79 Å². The minimum atomic E-state index is -0.0780. The number of hydrogen-bond acceptors (Lipinski definition) is 3. The summed E-state index contributed by atoms with van der Waals surface area (Å²) >= 11 is 1.89. The lowest BCUT2D eigenvalue weighted by Gasteiger charge is -2.27. The maximum absolute atomic E-state index is 12.0. The second-order valence-electron chi connectivity index (χ2n) is 4.22. The highest BCUT2D eigenvalue weighted by Gasteiger charge is 2.19. The quantitative estimate of drug-likeness (QED) is 0.881. The van der Waals surface area contributed by atoms with E-state index in [4.69, 9.17) is 4.42 Å². The third-order valence-corrected chi connectivity index (χ3v) is 3.77. The molecule has 1 fully saturated rings. The monoisotopic (exact) mass is 254 g/mol. The van der Waals surface area contributed by atoms with Crippen molar-refractivity contribution in [3.05, 3.63) is 23.7 Å². The van der Waals surface area contributed by atoms with E-state index in [9.17, 15) is 4.79 Å². The molecule has 2 rings (SSSR count). The van der Waals surface area contributed by atoms with Gasteiger partial charge in [-0.15, -0.1) is 0 Å². The standard InChI is InChI=1S/C12H18N2O2S/c1-9-3-4-11(16-9)10(2)13-12(15)14-5-7-17-8-6-14/h3-4,10H,5-8H2,1-2H3,(H,13,15)/t10-/m1/s1. The summed E-state index contributed by atoms with van der Waals surface area (Å²) in [6.45, 7) is 5.51. The van der Waals surface area contributed by atoms with E-state index >= 15 is 0 Å². The SMILES string of the molecule is Cc1ccc([C@@H](C)NC(=O)N2CCSCC2)o1. The van der Waals surface area contributed by atoms with Crippen LogP contribution in [-0.2, 0) is 0 Å². The average molecular weight is 254 g/mol. The molecular formula is C12H18N2O2S. The van der Waals surface area contributed by atoms with E-state index in [-0.39, 0.29) is 12.1 Å². The Morgan fingerprint density at radius 2 is 2.18 bits per heavy atom. The number of furan rings is 1. The van der Waals surface area contributed by atoms with Crippen molar-refractivity contribution in [2.24, 2.45) is 0 Å². The van der Waals surface area contributed by atoms with Crippen molar-refractivity contribution in [2.75, 3.05) is 24.6 Å². The first kappa shape index (κ1) is 12.4. The summed E-state index contributed by atoms with van der Waals surface area (Å²) in [5, 5.41) is 2.96. The third-order valence-electron chi connectivity index (χ3n) is 2.83. The lowest BCUT2D eigenvalue weighted by atomic mass is 10.2. The summed E-state index contributed by atoms with van der Waals surface area (Å²) < 4.78 is 5.50. The van der Waals surface area contributed by atoms with Gasteiger partial charge in [-0.3, -0.25) is 0 Å². The zero-order valence-electron chi connectivity index (χ0n) is 10.2. The fraction of sp³-hybridized carbons (Fsp3) is 0.583. The van der Waals surface area contributed by atoms with Crippen LogP contribution in [0.1, 0.15) is 24.5 Å². The molecule has 1 atom stereocenters. The predicted octanol–water partition coefficient (Wildman–Crippen LogP) is 2.41. The summed E-state index contributed by atoms with van der Waals surface area (Å²) in [6.07, 6.45) is 0. The van der Waals surface area contributed by atoms with Gasteiger partial charge in [-0.1, -0.05) is 0 Å². The lowest BCUT2D eigenvalue weighted by molar-refractivity contribution is 0.198. The Balaban J connectivity index is 1.89. The average Bonchev–Trinajstić information content (AvgIpc) is 2.77. The predicted molar refractivity (Wildman–Crippen MR) is 69.3 cm³/mol. The second-order valence-corrected chi connectivity index (χ2v) is 5.44. The zero-order valence-corrected chi connectivity index (χ0v) is 11.0. The minimum absolute atomic E-state index is 0.00635. The fourth-order valence-corrected chi connectivity index (χ4v) is 2.70. The van der Waals surface area contributed by atoms with Crippen LogP contribution in [0.2, 0.25) is 0 Å². The van der Waals surface area contributed by atoms with Crippen molar-refractivity contribution in [3.63, 3.8) is 0 Å². The van der Waals surface area contributed by atoms with Gasteiger partial charge in [0.2, 0.25) is 0 Å². The van der Waals surface area contributed by atoms with E-state index in [0.29, 0.717) is 0 Å². The van der Waals surface area contributed by atoms with E-state index in [1.54, 1.807) is 0 Å². The Bertz CT molecular complexity index is 386. The van der Waals surface area contributed by atoms with E-state index in [0.717, 1.165) is 36.1 Å². The van der Waals surface area contributed by atoms with Crippen LogP contribution in [0.25, 0.3) is 0 Å². The summed E-state index contributed by atoms with van der Waals surface area (Å²) in [5.74, 6) is 3.74. The number of rotatable bonds is 2. The zero-order chi connectivity index (χ0) is 12.3. The highest BCUT2D eigenvalue weighted by molar-refractivity contribution is 7.99.